The maximum atomic E-state index is 13.9. The highest BCUT2D eigenvalue weighted by atomic mass is 32.1. The molecule has 2 aromatic heterocycles. The first-order chi connectivity index (χ1) is 13.7. The Bertz CT molecular complexity index is 1390. The van der Waals surface area contributed by atoms with Crippen molar-refractivity contribution < 1.29 is 4.39 Å². The highest BCUT2D eigenvalue weighted by Crippen LogP contribution is 2.32. The average Bonchev–Trinajstić information content (AvgIpc) is 3.14. The van der Waals surface area contributed by atoms with E-state index in [1.165, 1.54) is 17.4 Å². The zero-order valence-corrected chi connectivity index (χ0v) is 15.6. The first-order valence-electron chi connectivity index (χ1n) is 8.92. The molecule has 1 N–H and O–H groups in total. The van der Waals surface area contributed by atoms with Gasteiger partial charge in [-0.3, -0.25) is 4.79 Å². The number of thiophene rings is 1. The summed E-state index contributed by atoms with van der Waals surface area (Å²) in [4.78, 5) is 20.9. The van der Waals surface area contributed by atoms with Crippen LogP contribution in [0.5, 0.6) is 0 Å². The van der Waals surface area contributed by atoms with Crippen molar-refractivity contribution in [2.45, 2.75) is 6.42 Å². The van der Waals surface area contributed by atoms with Crippen LogP contribution in [0.25, 0.3) is 32.1 Å². The number of hydrogen-bond donors (Lipinski definition) is 1. The van der Waals surface area contributed by atoms with Gasteiger partial charge in [-0.1, -0.05) is 54.6 Å². The molecule has 0 fully saturated rings. The summed E-state index contributed by atoms with van der Waals surface area (Å²) in [5, 5.41) is 4.83. The number of rotatable bonds is 3. The minimum atomic E-state index is -0.298. The number of hydrogen-bond acceptors (Lipinski definition) is 3. The maximum absolute atomic E-state index is 13.9. The van der Waals surface area contributed by atoms with Crippen LogP contribution < -0.4 is 5.56 Å². The van der Waals surface area contributed by atoms with Crippen molar-refractivity contribution in [3.63, 3.8) is 0 Å². The van der Waals surface area contributed by atoms with Crippen molar-refractivity contribution >= 4 is 32.3 Å². The highest BCUT2D eigenvalue weighted by Gasteiger charge is 2.14. The SMILES string of the molecule is O=c1[nH]c(Cc2ccccc2F)nc2scc(-c3ccc4ccccc4c3)c12. The molecule has 0 atom stereocenters. The normalized spacial score (nSPS) is 11.3. The molecule has 0 aliphatic rings. The standard InChI is InChI=1S/C23H15FN2OS/c24-19-8-4-3-7-17(19)12-20-25-22(27)21-18(13-28-23(21)26-20)16-10-9-14-5-1-2-6-15(14)11-16/h1-11,13H,12H2,(H,25,26,27). The monoisotopic (exact) mass is 386 g/mol. The van der Waals surface area contributed by atoms with Gasteiger partial charge in [0.1, 0.15) is 16.5 Å². The van der Waals surface area contributed by atoms with Gasteiger partial charge in [0.15, 0.2) is 0 Å². The van der Waals surface area contributed by atoms with Crippen LogP contribution in [0, 0.1) is 5.82 Å². The molecule has 0 aliphatic carbocycles. The quantitative estimate of drug-likeness (QED) is 0.443. The fraction of sp³-hybridized carbons (Fsp3) is 0.0435. The van der Waals surface area contributed by atoms with E-state index in [1.807, 2.05) is 23.6 Å². The second-order valence-corrected chi connectivity index (χ2v) is 7.53. The lowest BCUT2D eigenvalue weighted by Gasteiger charge is -2.05. The van der Waals surface area contributed by atoms with Gasteiger partial charge in [-0.2, -0.15) is 0 Å². The van der Waals surface area contributed by atoms with Crippen LogP contribution in [-0.2, 0) is 6.42 Å². The average molecular weight is 386 g/mol. The Morgan fingerprint density at radius 1 is 0.964 bits per heavy atom. The van der Waals surface area contributed by atoms with E-state index in [0.717, 1.165) is 21.9 Å². The van der Waals surface area contributed by atoms with Crippen LogP contribution >= 0.6 is 11.3 Å². The van der Waals surface area contributed by atoms with E-state index >= 15 is 0 Å². The van der Waals surface area contributed by atoms with Crippen molar-refractivity contribution in [3.05, 3.63) is 99.7 Å². The molecule has 5 heteroatoms. The van der Waals surface area contributed by atoms with Crippen LogP contribution in [0.1, 0.15) is 11.4 Å². The molecule has 0 unspecified atom stereocenters. The predicted molar refractivity (Wildman–Crippen MR) is 112 cm³/mol. The Hall–Kier alpha value is -3.31. The first-order valence-corrected chi connectivity index (χ1v) is 9.80. The number of fused-ring (bicyclic) bond motifs is 2. The van der Waals surface area contributed by atoms with Crippen LogP contribution in [-0.4, -0.2) is 9.97 Å². The Balaban J connectivity index is 1.60. The lowest BCUT2D eigenvalue weighted by molar-refractivity contribution is 0.612. The summed E-state index contributed by atoms with van der Waals surface area (Å²) in [6.45, 7) is 0. The van der Waals surface area contributed by atoms with Crippen molar-refractivity contribution in [1.29, 1.82) is 0 Å². The van der Waals surface area contributed by atoms with Gasteiger partial charge in [0.05, 0.1) is 5.39 Å². The summed E-state index contributed by atoms with van der Waals surface area (Å²) in [6.07, 6.45) is 0.251. The molecule has 3 aromatic carbocycles. The molecule has 5 aromatic rings. The fourth-order valence-electron chi connectivity index (χ4n) is 3.47. The Labute approximate surface area is 164 Å². The molecule has 136 valence electrons. The highest BCUT2D eigenvalue weighted by molar-refractivity contribution is 7.17. The summed E-state index contributed by atoms with van der Waals surface area (Å²) in [6, 6.07) is 20.8. The molecular formula is C23H15FN2OS. The van der Waals surface area contributed by atoms with E-state index in [0.29, 0.717) is 21.6 Å². The molecule has 3 nitrogen and oxygen atoms in total. The fourth-order valence-corrected chi connectivity index (χ4v) is 4.44. The molecule has 0 amide bonds. The second kappa shape index (κ2) is 6.69. The molecule has 0 saturated heterocycles. The molecule has 28 heavy (non-hydrogen) atoms. The minimum absolute atomic E-state index is 0.194. The third-order valence-electron chi connectivity index (χ3n) is 4.87. The van der Waals surface area contributed by atoms with E-state index in [4.69, 9.17) is 0 Å². The predicted octanol–water partition coefficient (Wildman–Crippen LogP) is 5.53. The lowest BCUT2D eigenvalue weighted by atomic mass is 10.0. The number of benzene rings is 3. The number of nitrogens with zero attached hydrogens (tertiary/aromatic N) is 1. The molecule has 0 radical (unpaired) electrons. The Morgan fingerprint density at radius 2 is 1.75 bits per heavy atom. The topological polar surface area (TPSA) is 45.8 Å². The van der Waals surface area contributed by atoms with Gasteiger partial charge < -0.3 is 4.98 Å². The summed E-state index contributed by atoms with van der Waals surface area (Å²) in [5.41, 5.74) is 2.17. The molecule has 0 bridgehead atoms. The van der Waals surface area contributed by atoms with Crippen molar-refractivity contribution in [3.8, 4) is 11.1 Å². The zero-order valence-electron chi connectivity index (χ0n) is 14.8. The number of aromatic nitrogens is 2. The van der Waals surface area contributed by atoms with Gasteiger partial charge in [-0.15, -0.1) is 11.3 Å². The molecule has 0 spiro atoms. The van der Waals surface area contributed by atoms with E-state index in [2.05, 4.69) is 34.2 Å². The summed E-state index contributed by atoms with van der Waals surface area (Å²) in [5.74, 6) is 0.169. The van der Waals surface area contributed by atoms with E-state index in [-0.39, 0.29) is 17.8 Å². The molecular weight excluding hydrogens is 371 g/mol. The van der Waals surface area contributed by atoms with Gasteiger partial charge >= 0.3 is 0 Å². The van der Waals surface area contributed by atoms with Crippen molar-refractivity contribution in [2.24, 2.45) is 0 Å². The number of aromatic amines is 1. The van der Waals surface area contributed by atoms with Crippen molar-refractivity contribution in [1.82, 2.24) is 9.97 Å². The molecule has 0 aliphatic heterocycles. The lowest BCUT2D eigenvalue weighted by Crippen LogP contribution is -2.12. The molecule has 2 heterocycles. The Kier molecular flexibility index (Phi) is 4.02. The summed E-state index contributed by atoms with van der Waals surface area (Å²) >= 11 is 1.43. The molecule has 5 rings (SSSR count). The van der Waals surface area contributed by atoms with Crippen LogP contribution in [0.4, 0.5) is 4.39 Å². The first kappa shape index (κ1) is 16.8. The number of H-pyrrole nitrogens is 1. The number of halogens is 1. The Morgan fingerprint density at radius 3 is 2.61 bits per heavy atom. The van der Waals surface area contributed by atoms with E-state index in [9.17, 15) is 9.18 Å². The number of nitrogens with one attached hydrogen (secondary N) is 1. The summed E-state index contributed by atoms with van der Waals surface area (Å²) in [7, 11) is 0. The van der Waals surface area contributed by atoms with Gasteiger partial charge in [-0.05, 0) is 34.0 Å². The van der Waals surface area contributed by atoms with E-state index < -0.39 is 0 Å². The second-order valence-electron chi connectivity index (χ2n) is 6.67. The van der Waals surface area contributed by atoms with Gasteiger partial charge in [0.2, 0.25) is 0 Å². The largest absolute Gasteiger partial charge is 0.310 e. The summed E-state index contributed by atoms with van der Waals surface area (Å²) < 4.78 is 13.9. The third kappa shape index (κ3) is 2.90. The van der Waals surface area contributed by atoms with Gasteiger partial charge in [0, 0.05) is 17.4 Å². The van der Waals surface area contributed by atoms with Crippen LogP contribution in [0.2, 0.25) is 0 Å². The zero-order chi connectivity index (χ0) is 19.1. The third-order valence-corrected chi connectivity index (χ3v) is 5.74. The van der Waals surface area contributed by atoms with Crippen LogP contribution in [0.3, 0.4) is 0 Å². The minimum Gasteiger partial charge on any atom is -0.310 e. The van der Waals surface area contributed by atoms with Crippen LogP contribution in [0.15, 0.2) is 76.9 Å². The van der Waals surface area contributed by atoms with E-state index in [1.54, 1.807) is 18.2 Å². The van der Waals surface area contributed by atoms with Gasteiger partial charge in [0.25, 0.3) is 5.56 Å². The molecule has 0 saturated carbocycles. The van der Waals surface area contributed by atoms with Gasteiger partial charge in [-0.25, -0.2) is 9.37 Å². The maximum Gasteiger partial charge on any atom is 0.260 e. The smallest absolute Gasteiger partial charge is 0.260 e. The van der Waals surface area contributed by atoms with Crippen molar-refractivity contribution in [2.75, 3.05) is 0 Å².